The molecule has 1 amide bonds. The van der Waals surface area contributed by atoms with Gasteiger partial charge in [-0.25, -0.2) is 0 Å². The molecule has 0 radical (unpaired) electrons. The number of carbonyl (C=O) groups is 1. The topological polar surface area (TPSA) is 74.5 Å². The molecule has 0 bridgehead atoms. The fraction of sp³-hybridized carbons (Fsp3) is 0.538. The van der Waals surface area contributed by atoms with Gasteiger partial charge >= 0.3 is 0 Å². The van der Waals surface area contributed by atoms with E-state index in [4.69, 9.17) is 5.84 Å². The van der Waals surface area contributed by atoms with Gasteiger partial charge in [-0.2, -0.15) is 0 Å². The van der Waals surface area contributed by atoms with Crippen LogP contribution >= 0.6 is 0 Å². The van der Waals surface area contributed by atoms with Crippen molar-refractivity contribution in [2.45, 2.75) is 13.0 Å². The third-order valence-corrected chi connectivity index (χ3v) is 3.73. The Morgan fingerprint density at radius 1 is 1.53 bits per heavy atom. The van der Waals surface area contributed by atoms with E-state index < -0.39 is 0 Å². The van der Waals surface area contributed by atoms with Gasteiger partial charge in [-0.1, -0.05) is 6.92 Å². The van der Waals surface area contributed by atoms with Crippen LogP contribution in [-0.4, -0.2) is 53.9 Å². The lowest BCUT2D eigenvalue weighted by molar-refractivity contribution is 0.0782. The predicted octanol–water partition coefficient (Wildman–Crippen LogP) is 0.389. The van der Waals surface area contributed by atoms with Crippen LogP contribution in [0.4, 0.5) is 5.69 Å². The molecule has 1 aromatic rings. The van der Waals surface area contributed by atoms with Crippen LogP contribution in [0.15, 0.2) is 18.5 Å². The summed E-state index contributed by atoms with van der Waals surface area (Å²) in [5, 5.41) is 0. The number of amides is 1. The van der Waals surface area contributed by atoms with Crippen LogP contribution in [0.25, 0.3) is 0 Å². The first kappa shape index (κ1) is 13.8. The Hall–Kier alpha value is -1.66. The highest BCUT2D eigenvalue weighted by Crippen LogP contribution is 2.23. The van der Waals surface area contributed by atoms with E-state index in [1.807, 2.05) is 4.90 Å². The van der Waals surface area contributed by atoms with E-state index in [0.717, 1.165) is 13.1 Å². The highest BCUT2D eigenvalue weighted by Gasteiger charge is 2.34. The first-order chi connectivity index (χ1) is 9.04. The van der Waals surface area contributed by atoms with Crippen molar-refractivity contribution >= 4 is 11.6 Å². The van der Waals surface area contributed by atoms with Gasteiger partial charge in [0.05, 0.1) is 17.4 Å². The van der Waals surface area contributed by atoms with Crippen molar-refractivity contribution in [2.24, 2.45) is 11.8 Å². The van der Waals surface area contributed by atoms with Crippen molar-refractivity contribution in [1.29, 1.82) is 0 Å². The van der Waals surface area contributed by atoms with Crippen molar-refractivity contribution in [3.05, 3.63) is 24.0 Å². The summed E-state index contributed by atoms with van der Waals surface area (Å²) in [6.45, 7) is 3.69. The molecule has 2 heterocycles. The molecule has 19 heavy (non-hydrogen) atoms. The Bertz CT molecular complexity index is 462. The van der Waals surface area contributed by atoms with E-state index in [0.29, 0.717) is 23.2 Å². The molecule has 1 saturated heterocycles. The second-order valence-electron chi connectivity index (χ2n) is 5.28. The highest BCUT2D eigenvalue weighted by atomic mass is 16.2. The molecule has 1 aliphatic heterocycles. The Morgan fingerprint density at radius 2 is 2.26 bits per heavy atom. The van der Waals surface area contributed by atoms with Crippen molar-refractivity contribution in [1.82, 2.24) is 14.8 Å². The number of pyridine rings is 1. The zero-order valence-corrected chi connectivity index (χ0v) is 11.6. The normalized spacial score (nSPS) is 22.9. The quantitative estimate of drug-likeness (QED) is 0.609. The molecule has 1 fully saturated rings. The number of nitrogens with zero attached hydrogens (tertiary/aromatic N) is 3. The molecule has 2 unspecified atom stereocenters. The van der Waals surface area contributed by atoms with Crippen LogP contribution in [0.5, 0.6) is 0 Å². The lowest BCUT2D eigenvalue weighted by atomic mass is 10.1. The number of hydrazine groups is 1. The summed E-state index contributed by atoms with van der Waals surface area (Å²) < 4.78 is 0. The monoisotopic (exact) mass is 263 g/mol. The zero-order valence-electron chi connectivity index (χ0n) is 11.6. The first-order valence-corrected chi connectivity index (χ1v) is 6.41. The first-order valence-electron chi connectivity index (χ1n) is 6.41. The average Bonchev–Trinajstić information content (AvgIpc) is 2.80. The number of hydrogen-bond acceptors (Lipinski definition) is 5. The maximum Gasteiger partial charge on any atom is 0.256 e. The third kappa shape index (κ3) is 2.69. The van der Waals surface area contributed by atoms with E-state index in [1.165, 1.54) is 0 Å². The number of aromatic nitrogens is 1. The maximum absolute atomic E-state index is 12.5. The number of likely N-dealkylation sites (tertiary alicyclic amines) is 1. The number of rotatable bonds is 3. The van der Waals surface area contributed by atoms with E-state index in [9.17, 15) is 4.79 Å². The predicted molar refractivity (Wildman–Crippen MR) is 74.6 cm³/mol. The number of hydrogen-bond donors (Lipinski definition) is 2. The number of nitrogens with one attached hydrogen (secondary N) is 1. The summed E-state index contributed by atoms with van der Waals surface area (Å²) in [6, 6.07) is 2.10. The van der Waals surface area contributed by atoms with Gasteiger partial charge in [0.15, 0.2) is 0 Å². The van der Waals surface area contributed by atoms with Gasteiger partial charge < -0.3 is 15.2 Å². The lowest BCUT2D eigenvalue weighted by Crippen LogP contribution is -2.36. The van der Waals surface area contributed by atoms with Crippen LogP contribution in [0.3, 0.4) is 0 Å². The number of carbonyl (C=O) groups excluding carboxylic acids is 1. The summed E-state index contributed by atoms with van der Waals surface area (Å²) in [6.07, 6.45) is 3.17. The molecule has 0 aromatic carbocycles. The fourth-order valence-corrected chi connectivity index (χ4v) is 2.65. The molecule has 6 heteroatoms. The summed E-state index contributed by atoms with van der Waals surface area (Å²) in [5.74, 6) is 5.89. The van der Waals surface area contributed by atoms with Crippen LogP contribution in [0, 0.1) is 5.92 Å². The van der Waals surface area contributed by atoms with E-state index in [1.54, 1.807) is 18.5 Å². The number of nitrogen functional groups attached to an aromatic ring is 1. The molecule has 2 atom stereocenters. The molecule has 1 aromatic heterocycles. The minimum atomic E-state index is 0.00606. The van der Waals surface area contributed by atoms with Crippen molar-refractivity contribution in [2.75, 3.05) is 32.6 Å². The molecule has 0 spiro atoms. The van der Waals surface area contributed by atoms with E-state index in [2.05, 4.69) is 36.3 Å². The van der Waals surface area contributed by atoms with Gasteiger partial charge in [0.1, 0.15) is 0 Å². The fourth-order valence-electron chi connectivity index (χ4n) is 2.65. The molecular weight excluding hydrogens is 242 g/mol. The molecule has 6 nitrogen and oxygen atoms in total. The second-order valence-corrected chi connectivity index (χ2v) is 5.28. The van der Waals surface area contributed by atoms with Crippen molar-refractivity contribution < 1.29 is 4.79 Å². The minimum Gasteiger partial charge on any atom is -0.337 e. The van der Waals surface area contributed by atoms with Gasteiger partial charge in [0.2, 0.25) is 0 Å². The smallest absolute Gasteiger partial charge is 0.256 e. The third-order valence-electron chi connectivity index (χ3n) is 3.73. The SMILES string of the molecule is CC1CN(C(=O)c2ccncc2NN)CC1N(C)C. The van der Waals surface area contributed by atoms with Crippen LogP contribution in [-0.2, 0) is 0 Å². The molecule has 0 aliphatic carbocycles. The Balaban J connectivity index is 2.17. The number of anilines is 1. The van der Waals surface area contributed by atoms with Crippen molar-refractivity contribution in [3.8, 4) is 0 Å². The van der Waals surface area contributed by atoms with Crippen molar-refractivity contribution in [3.63, 3.8) is 0 Å². The average molecular weight is 263 g/mol. The Morgan fingerprint density at radius 3 is 2.84 bits per heavy atom. The van der Waals surface area contributed by atoms with Crippen LogP contribution in [0.2, 0.25) is 0 Å². The van der Waals surface area contributed by atoms with Gasteiger partial charge in [0, 0.05) is 25.3 Å². The van der Waals surface area contributed by atoms with Gasteiger partial charge in [-0.3, -0.25) is 15.6 Å². The summed E-state index contributed by atoms with van der Waals surface area (Å²) >= 11 is 0. The molecule has 1 aliphatic rings. The standard InChI is InChI=1S/C13H21N5O/c1-9-7-18(8-12(9)17(2)3)13(19)10-4-5-15-6-11(10)16-14/h4-6,9,12,16H,7-8,14H2,1-3H3. The summed E-state index contributed by atoms with van der Waals surface area (Å²) in [5.41, 5.74) is 3.66. The zero-order chi connectivity index (χ0) is 14.0. The molecule has 2 rings (SSSR count). The molecule has 104 valence electrons. The molecule has 3 N–H and O–H groups in total. The van der Waals surface area contributed by atoms with Gasteiger partial charge in [-0.15, -0.1) is 0 Å². The minimum absolute atomic E-state index is 0.00606. The summed E-state index contributed by atoms with van der Waals surface area (Å²) in [7, 11) is 4.10. The van der Waals surface area contributed by atoms with Crippen LogP contribution < -0.4 is 11.3 Å². The molecule has 0 saturated carbocycles. The highest BCUT2D eigenvalue weighted by molar-refractivity contribution is 5.99. The van der Waals surface area contributed by atoms with E-state index in [-0.39, 0.29) is 5.91 Å². The Labute approximate surface area is 113 Å². The van der Waals surface area contributed by atoms with Crippen LogP contribution in [0.1, 0.15) is 17.3 Å². The van der Waals surface area contributed by atoms with Gasteiger partial charge in [-0.05, 0) is 26.1 Å². The summed E-state index contributed by atoms with van der Waals surface area (Å²) in [4.78, 5) is 20.5. The largest absolute Gasteiger partial charge is 0.337 e. The molecular formula is C13H21N5O. The van der Waals surface area contributed by atoms with Gasteiger partial charge in [0.25, 0.3) is 5.91 Å². The second kappa shape index (κ2) is 5.54. The Kier molecular flexibility index (Phi) is 4.01. The lowest BCUT2D eigenvalue weighted by Gasteiger charge is -2.22. The maximum atomic E-state index is 12.5. The number of likely N-dealkylation sites (N-methyl/N-ethyl adjacent to an activating group) is 1. The number of nitrogens with two attached hydrogens (primary N) is 1. The van der Waals surface area contributed by atoms with E-state index >= 15 is 0 Å².